The fourth-order valence-corrected chi connectivity index (χ4v) is 1.82. The number of hydrogen-bond acceptors (Lipinski definition) is 3. The van der Waals surface area contributed by atoms with Crippen LogP contribution < -0.4 is 11.2 Å². The number of H-pyrrole nitrogens is 1. The standard InChI is InChI=1S/C14H14N2O4/c1-9(13(18)19)11-4-2-10(3-5-11)8-16-7-6-12(17)15-14(16)20/h2-7,9H,8H2,1H3,(H,18,19)(H,15,17,20). The van der Waals surface area contributed by atoms with Crippen molar-refractivity contribution in [1.82, 2.24) is 9.55 Å². The molecule has 0 radical (unpaired) electrons. The minimum atomic E-state index is -0.880. The van der Waals surface area contributed by atoms with Crippen LogP contribution in [-0.4, -0.2) is 20.6 Å². The van der Waals surface area contributed by atoms with Gasteiger partial charge < -0.3 is 5.11 Å². The smallest absolute Gasteiger partial charge is 0.328 e. The molecular weight excluding hydrogens is 260 g/mol. The zero-order valence-corrected chi connectivity index (χ0v) is 10.9. The summed E-state index contributed by atoms with van der Waals surface area (Å²) in [5.74, 6) is -1.45. The topological polar surface area (TPSA) is 92.2 Å². The minimum Gasteiger partial charge on any atom is -0.481 e. The number of aromatic nitrogens is 2. The van der Waals surface area contributed by atoms with Crippen molar-refractivity contribution >= 4 is 5.97 Å². The normalized spacial score (nSPS) is 12.1. The maximum Gasteiger partial charge on any atom is 0.328 e. The number of carboxylic acids is 1. The number of benzene rings is 1. The van der Waals surface area contributed by atoms with Crippen molar-refractivity contribution in [2.75, 3.05) is 0 Å². The van der Waals surface area contributed by atoms with E-state index in [0.29, 0.717) is 12.1 Å². The zero-order chi connectivity index (χ0) is 14.7. The van der Waals surface area contributed by atoms with Crippen molar-refractivity contribution in [3.8, 4) is 0 Å². The molecule has 1 heterocycles. The lowest BCUT2D eigenvalue weighted by Gasteiger charge is -2.08. The largest absolute Gasteiger partial charge is 0.481 e. The first-order valence-corrected chi connectivity index (χ1v) is 6.09. The average molecular weight is 274 g/mol. The molecule has 2 N–H and O–H groups in total. The van der Waals surface area contributed by atoms with Crippen LogP contribution in [0.2, 0.25) is 0 Å². The lowest BCUT2D eigenvalue weighted by molar-refractivity contribution is -0.138. The number of aromatic amines is 1. The van der Waals surface area contributed by atoms with Gasteiger partial charge in [-0.1, -0.05) is 24.3 Å². The van der Waals surface area contributed by atoms with Crippen molar-refractivity contribution in [3.05, 3.63) is 68.5 Å². The lowest BCUT2D eigenvalue weighted by atomic mass is 10.00. The molecule has 104 valence electrons. The monoisotopic (exact) mass is 274 g/mol. The number of rotatable bonds is 4. The molecule has 2 aromatic rings. The maximum absolute atomic E-state index is 11.5. The number of nitrogens with one attached hydrogen (secondary N) is 1. The zero-order valence-electron chi connectivity index (χ0n) is 10.9. The van der Waals surface area contributed by atoms with Crippen molar-refractivity contribution < 1.29 is 9.90 Å². The van der Waals surface area contributed by atoms with Gasteiger partial charge in [-0.3, -0.25) is 19.1 Å². The molecule has 2 rings (SSSR count). The highest BCUT2D eigenvalue weighted by Crippen LogP contribution is 2.16. The molecule has 0 bridgehead atoms. The molecule has 0 saturated carbocycles. The Morgan fingerprint density at radius 3 is 2.45 bits per heavy atom. The van der Waals surface area contributed by atoms with Gasteiger partial charge in [0, 0.05) is 12.3 Å². The second-order valence-corrected chi connectivity index (χ2v) is 4.54. The molecule has 0 spiro atoms. The molecule has 0 aliphatic carbocycles. The van der Waals surface area contributed by atoms with E-state index in [2.05, 4.69) is 4.98 Å². The Morgan fingerprint density at radius 1 is 1.25 bits per heavy atom. The predicted molar refractivity (Wildman–Crippen MR) is 72.9 cm³/mol. The van der Waals surface area contributed by atoms with E-state index in [1.807, 2.05) is 0 Å². The van der Waals surface area contributed by atoms with Crippen molar-refractivity contribution in [3.63, 3.8) is 0 Å². The fraction of sp³-hybridized carbons (Fsp3) is 0.214. The van der Waals surface area contributed by atoms with Crippen LogP contribution in [0, 0.1) is 0 Å². The van der Waals surface area contributed by atoms with E-state index in [-0.39, 0.29) is 0 Å². The summed E-state index contributed by atoms with van der Waals surface area (Å²) in [5.41, 5.74) is 0.646. The van der Waals surface area contributed by atoms with Crippen LogP contribution in [0.4, 0.5) is 0 Å². The number of nitrogens with zero attached hydrogens (tertiary/aromatic N) is 1. The highest BCUT2D eigenvalue weighted by atomic mass is 16.4. The van der Waals surface area contributed by atoms with Crippen LogP contribution in [0.5, 0.6) is 0 Å². The third kappa shape index (κ3) is 3.03. The molecule has 1 aromatic carbocycles. The SMILES string of the molecule is CC(C(=O)O)c1ccc(Cn2ccc(=O)[nH]c2=O)cc1. The number of carboxylic acid groups (broad SMARTS) is 1. The van der Waals surface area contributed by atoms with Gasteiger partial charge in [0.2, 0.25) is 0 Å². The predicted octanol–water partition coefficient (Wildman–Crippen LogP) is 0.773. The summed E-state index contributed by atoms with van der Waals surface area (Å²) in [7, 11) is 0. The van der Waals surface area contributed by atoms with Gasteiger partial charge in [-0.15, -0.1) is 0 Å². The fourth-order valence-electron chi connectivity index (χ4n) is 1.82. The maximum atomic E-state index is 11.5. The molecule has 0 saturated heterocycles. The summed E-state index contributed by atoms with van der Waals surface area (Å²) in [6.45, 7) is 1.93. The molecule has 0 aliphatic heterocycles. The van der Waals surface area contributed by atoms with Crippen LogP contribution in [0.1, 0.15) is 24.0 Å². The van der Waals surface area contributed by atoms with Crippen molar-refractivity contribution in [2.24, 2.45) is 0 Å². The van der Waals surface area contributed by atoms with Gasteiger partial charge in [0.25, 0.3) is 5.56 Å². The van der Waals surface area contributed by atoms with Gasteiger partial charge >= 0.3 is 11.7 Å². The van der Waals surface area contributed by atoms with E-state index in [1.165, 1.54) is 16.8 Å². The van der Waals surface area contributed by atoms with Crippen LogP contribution in [0.3, 0.4) is 0 Å². The molecular formula is C14H14N2O4. The molecule has 0 aliphatic rings. The van der Waals surface area contributed by atoms with Gasteiger partial charge in [0.05, 0.1) is 12.5 Å². The molecule has 20 heavy (non-hydrogen) atoms. The summed E-state index contributed by atoms with van der Waals surface area (Å²) in [5, 5.41) is 8.92. The van der Waals surface area contributed by atoms with Crippen LogP contribution >= 0.6 is 0 Å². The Hall–Kier alpha value is -2.63. The summed E-state index contributed by atoms with van der Waals surface area (Å²) >= 11 is 0. The highest BCUT2D eigenvalue weighted by Gasteiger charge is 2.12. The van der Waals surface area contributed by atoms with E-state index >= 15 is 0 Å². The molecule has 6 nitrogen and oxygen atoms in total. The van der Waals surface area contributed by atoms with Gasteiger partial charge in [-0.2, -0.15) is 0 Å². The van der Waals surface area contributed by atoms with Crippen LogP contribution in [-0.2, 0) is 11.3 Å². The summed E-state index contributed by atoms with van der Waals surface area (Å²) in [6.07, 6.45) is 1.43. The Morgan fingerprint density at radius 2 is 1.90 bits per heavy atom. The highest BCUT2D eigenvalue weighted by molar-refractivity contribution is 5.75. The van der Waals surface area contributed by atoms with Crippen LogP contribution in [0.15, 0.2) is 46.1 Å². The molecule has 1 unspecified atom stereocenters. The number of hydrogen-bond donors (Lipinski definition) is 2. The lowest BCUT2D eigenvalue weighted by Crippen LogP contribution is -2.28. The van der Waals surface area contributed by atoms with E-state index in [0.717, 1.165) is 5.56 Å². The van der Waals surface area contributed by atoms with E-state index < -0.39 is 23.1 Å². The number of carbonyl (C=O) groups is 1. The Balaban J connectivity index is 2.21. The van der Waals surface area contributed by atoms with Gasteiger partial charge in [0.1, 0.15) is 0 Å². The van der Waals surface area contributed by atoms with E-state index in [9.17, 15) is 14.4 Å². The first-order chi connectivity index (χ1) is 9.47. The van der Waals surface area contributed by atoms with E-state index in [1.54, 1.807) is 31.2 Å². The molecule has 1 aromatic heterocycles. The quantitative estimate of drug-likeness (QED) is 0.861. The summed E-state index contributed by atoms with van der Waals surface area (Å²) in [4.78, 5) is 35.5. The first kappa shape index (κ1) is 13.8. The average Bonchev–Trinajstić information content (AvgIpc) is 2.42. The van der Waals surface area contributed by atoms with Gasteiger partial charge in [-0.05, 0) is 18.1 Å². The minimum absolute atomic E-state index is 0.317. The third-order valence-electron chi connectivity index (χ3n) is 3.10. The van der Waals surface area contributed by atoms with Crippen molar-refractivity contribution in [1.29, 1.82) is 0 Å². The third-order valence-corrected chi connectivity index (χ3v) is 3.10. The van der Waals surface area contributed by atoms with Gasteiger partial charge in [0.15, 0.2) is 0 Å². The second-order valence-electron chi connectivity index (χ2n) is 4.54. The van der Waals surface area contributed by atoms with E-state index in [4.69, 9.17) is 5.11 Å². The summed E-state index contributed by atoms with van der Waals surface area (Å²) < 4.78 is 1.37. The Bertz CT molecular complexity index is 728. The summed E-state index contributed by atoms with van der Waals surface area (Å²) in [6, 6.07) is 8.27. The number of aliphatic carboxylic acids is 1. The second kappa shape index (κ2) is 5.56. The molecule has 1 atom stereocenters. The Labute approximate surface area is 114 Å². The van der Waals surface area contributed by atoms with Crippen molar-refractivity contribution in [2.45, 2.75) is 19.4 Å². The molecule has 0 amide bonds. The van der Waals surface area contributed by atoms with Crippen LogP contribution in [0.25, 0.3) is 0 Å². The Kier molecular flexibility index (Phi) is 3.84. The first-order valence-electron chi connectivity index (χ1n) is 6.09. The molecule has 6 heteroatoms. The molecule has 0 fully saturated rings. The van der Waals surface area contributed by atoms with Gasteiger partial charge in [-0.25, -0.2) is 4.79 Å².